The zero-order chi connectivity index (χ0) is 24.9. The monoisotopic (exact) mass is 462 g/mol. The van der Waals surface area contributed by atoms with Gasteiger partial charge in [0.2, 0.25) is 11.8 Å². The molecule has 2 heterocycles. The third kappa shape index (κ3) is 5.91. The molecule has 8 amide bonds. The number of Topliss-reactive ketones (excluding diaryl/α,β-unsaturated/α-hetero) is 1. The number of ketones is 1. The van der Waals surface area contributed by atoms with E-state index < -0.39 is 35.7 Å². The first kappa shape index (κ1) is 25.9. The van der Waals surface area contributed by atoms with Crippen LogP contribution in [-0.4, -0.2) is 89.3 Å². The summed E-state index contributed by atoms with van der Waals surface area (Å²) in [6, 6.07) is -1.12. The molecule has 0 N–H and O–H groups in total. The van der Waals surface area contributed by atoms with Crippen molar-refractivity contribution in [3.8, 4) is 0 Å². The number of amides is 8. The van der Waals surface area contributed by atoms with Gasteiger partial charge in [-0.15, -0.1) is 0 Å². The van der Waals surface area contributed by atoms with Crippen molar-refractivity contribution in [3.05, 3.63) is 11.1 Å². The molecule has 11 nitrogen and oxygen atoms in total. The zero-order valence-electron chi connectivity index (χ0n) is 19.5. The normalized spacial score (nSPS) is 21.5. The lowest BCUT2D eigenvalue weighted by Crippen LogP contribution is -2.53. The summed E-state index contributed by atoms with van der Waals surface area (Å²) in [4.78, 5) is 82.0. The maximum Gasteiger partial charge on any atom is 0.333 e. The molecule has 0 spiro atoms. The molecule has 0 aromatic carbocycles. The molecule has 2 aliphatic carbocycles. The number of nitrogens with zero attached hydrogens (tertiary/aromatic N) is 4. The predicted octanol–water partition coefficient (Wildman–Crippen LogP) is 1.46. The molecule has 0 atom stereocenters. The van der Waals surface area contributed by atoms with E-state index in [1.807, 2.05) is 0 Å². The van der Waals surface area contributed by atoms with Crippen LogP contribution in [0.5, 0.6) is 0 Å². The lowest BCUT2D eigenvalue weighted by molar-refractivity contribution is -0.141. The van der Waals surface area contributed by atoms with E-state index in [4.69, 9.17) is 0 Å². The fraction of sp³-hybridized carbons (Fsp3) is 0.591. The number of imide groups is 4. The maximum atomic E-state index is 11.9. The molecular weight excluding hydrogens is 432 g/mol. The quantitative estimate of drug-likeness (QED) is 0.302. The zero-order valence-corrected chi connectivity index (χ0v) is 19.5. The molecular formula is C22H30N4O7. The Morgan fingerprint density at radius 1 is 0.515 bits per heavy atom. The van der Waals surface area contributed by atoms with E-state index in [2.05, 4.69) is 0 Å². The SMILES string of the molecule is CN1C(=O)C(=C2CCCC2)C(=O)N(C)C1=O.CN1C(=O)CC(=O)N(C)C1=O.O=C1CCCC1. The van der Waals surface area contributed by atoms with Crippen molar-refractivity contribution in [1.82, 2.24) is 19.6 Å². The van der Waals surface area contributed by atoms with Crippen molar-refractivity contribution in [2.24, 2.45) is 0 Å². The van der Waals surface area contributed by atoms with Crippen LogP contribution in [0, 0.1) is 0 Å². The number of likely N-dealkylation sites (N-methyl/N-ethyl adjacent to an activating group) is 2. The van der Waals surface area contributed by atoms with Crippen molar-refractivity contribution >= 4 is 41.5 Å². The maximum absolute atomic E-state index is 11.9. The van der Waals surface area contributed by atoms with E-state index in [0.29, 0.717) is 5.78 Å². The molecule has 0 aromatic rings. The number of carbonyl (C=O) groups excluding carboxylic acids is 7. The number of carbonyl (C=O) groups is 7. The molecule has 4 fully saturated rings. The summed E-state index contributed by atoms with van der Waals surface area (Å²) in [5, 5.41) is 0. The van der Waals surface area contributed by atoms with Gasteiger partial charge in [-0.05, 0) is 38.5 Å². The van der Waals surface area contributed by atoms with Crippen LogP contribution in [0.25, 0.3) is 0 Å². The van der Waals surface area contributed by atoms with Gasteiger partial charge < -0.3 is 0 Å². The van der Waals surface area contributed by atoms with Crippen LogP contribution >= 0.6 is 0 Å². The number of urea groups is 2. The number of barbiturate groups is 2. The Bertz CT molecular complexity index is 860. The van der Waals surface area contributed by atoms with Gasteiger partial charge in [-0.3, -0.25) is 43.6 Å². The van der Waals surface area contributed by atoms with Crippen molar-refractivity contribution in [2.75, 3.05) is 28.2 Å². The molecule has 0 unspecified atom stereocenters. The van der Waals surface area contributed by atoms with E-state index in [1.165, 1.54) is 28.2 Å². The van der Waals surface area contributed by atoms with E-state index in [1.54, 1.807) is 0 Å². The van der Waals surface area contributed by atoms with E-state index >= 15 is 0 Å². The second kappa shape index (κ2) is 11.0. The third-order valence-corrected chi connectivity index (χ3v) is 5.96. The minimum Gasteiger partial charge on any atom is -0.300 e. The molecule has 180 valence electrons. The minimum absolute atomic E-state index is 0.210. The van der Waals surface area contributed by atoms with Crippen molar-refractivity contribution < 1.29 is 33.6 Å². The first-order chi connectivity index (χ1) is 15.5. The summed E-state index contributed by atoms with van der Waals surface area (Å²) < 4.78 is 0. The predicted molar refractivity (Wildman–Crippen MR) is 115 cm³/mol. The Labute approximate surface area is 192 Å². The number of allylic oxidation sites excluding steroid dienone is 1. The summed E-state index contributed by atoms with van der Waals surface area (Å²) in [5.41, 5.74) is 1.11. The van der Waals surface area contributed by atoms with Gasteiger partial charge in [-0.1, -0.05) is 5.57 Å². The first-order valence-electron chi connectivity index (χ1n) is 10.9. The number of rotatable bonds is 0. The smallest absolute Gasteiger partial charge is 0.300 e. The number of hydrogen-bond donors (Lipinski definition) is 0. The highest BCUT2D eigenvalue weighted by atomic mass is 16.2. The van der Waals surface area contributed by atoms with Crippen LogP contribution < -0.4 is 0 Å². The summed E-state index contributed by atoms with van der Waals surface area (Å²) >= 11 is 0. The van der Waals surface area contributed by atoms with Gasteiger partial charge in [0.25, 0.3) is 11.8 Å². The van der Waals surface area contributed by atoms with Crippen LogP contribution in [0.3, 0.4) is 0 Å². The van der Waals surface area contributed by atoms with Crippen LogP contribution in [-0.2, 0) is 24.0 Å². The highest BCUT2D eigenvalue weighted by molar-refractivity contribution is 6.28. The van der Waals surface area contributed by atoms with Crippen LogP contribution in [0.15, 0.2) is 11.1 Å². The molecule has 0 radical (unpaired) electrons. The first-order valence-corrected chi connectivity index (χ1v) is 10.9. The lowest BCUT2D eigenvalue weighted by Gasteiger charge is -2.29. The highest BCUT2D eigenvalue weighted by Gasteiger charge is 2.40. The third-order valence-electron chi connectivity index (χ3n) is 5.96. The standard InChI is InChI=1S/C11H14N2O3.C6H8N2O3.C5H8O/c1-12-9(14)8(7-5-3-4-6-7)10(15)13(2)11(12)16;1-7-4(9)3-5(10)8(2)6(7)11;6-5-3-1-2-4-5/h3-6H2,1-2H3;3H2,1-2H3;1-4H2. The van der Waals surface area contributed by atoms with Gasteiger partial charge in [0, 0.05) is 41.0 Å². The van der Waals surface area contributed by atoms with Gasteiger partial charge in [0.05, 0.1) is 0 Å². The molecule has 33 heavy (non-hydrogen) atoms. The average molecular weight is 463 g/mol. The fourth-order valence-corrected chi connectivity index (χ4v) is 3.75. The molecule has 4 rings (SSSR count). The largest absolute Gasteiger partial charge is 0.333 e. The van der Waals surface area contributed by atoms with Gasteiger partial charge >= 0.3 is 12.1 Å². The lowest BCUT2D eigenvalue weighted by atomic mass is 10.0. The summed E-state index contributed by atoms with van der Waals surface area (Å²) in [6.45, 7) is 0. The summed E-state index contributed by atoms with van der Waals surface area (Å²) in [7, 11) is 5.52. The average Bonchev–Trinajstić information content (AvgIpc) is 3.49. The molecule has 0 aromatic heterocycles. The molecule has 0 bridgehead atoms. The summed E-state index contributed by atoms with van der Waals surface area (Å²) in [5.74, 6) is -1.35. The second-order valence-corrected chi connectivity index (χ2v) is 8.31. The van der Waals surface area contributed by atoms with Gasteiger partial charge in [-0.2, -0.15) is 0 Å². The minimum atomic E-state index is -0.564. The van der Waals surface area contributed by atoms with Gasteiger partial charge in [0.1, 0.15) is 17.8 Å². The van der Waals surface area contributed by atoms with E-state index in [-0.39, 0.29) is 12.0 Å². The Morgan fingerprint density at radius 2 is 0.879 bits per heavy atom. The fourth-order valence-electron chi connectivity index (χ4n) is 3.75. The Balaban J connectivity index is 0.000000195. The van der Waals surface area contributed by atoms with Crippen LogP contribution in [0.4, 0.5) is 9.59 Å². The molecule has 11 heteroatoms. The van der Waals surface area contributed by atoms with Crippen molar-refractivity contribution in [3.63, 3.8) is 0 Å². The molecule has 2 aliphatic heterocycles. The Morgan fingerprint density at radius 3 is 1.24 bits per heavy atom. The highest BCUT2D eigenvalue weighted by Crippen LogP contribution is 2.30. The number of hydrogen-bond acceptors (Lipinski definition) is 7. The molecule has 2 saturated carbocycles. The Kier molecular flexibility index (Phi) is 8.61. The van der Waals surface area contributed by atoms with Gasteiger partial charge in [0.15, 0.2) is 0 Å². The molecule has 4 aliphatic rings. The summed E-state index contributed by atoms with van der Waals surface area (Å²) in [6.07, 6.45) is 7.38. The van der Waals surface area contributed by atoms with E-state index in [0.717, 1.165) is 76.5 Å². The van der Waals surface area contributed by atoms with Crippen LogP contribution in [0.2, 0.25) is 0 Å². The van der Waals surface area contributed by atoms with Gasteiger partial charge in [-0.25, -0.2) is 9.59 Å². The second-order valence-electron chi connectivity index (χ2n) is 8.31. The van der Waals surface area contributed by atoms with Crippen molar-refractivity contribution in [2.45, 2.75) is 57.8 Å². The van der Waals surface area contributed by atoms with E-state index in [9.17, 15) is 33.6 Å². The molecule has 2 saturated heterocycles. The van der Waals surface area contributed by atoms with Crippen molar-refractivity contribution in [1.29, 1.82) is 0 Å². The Hall–Kier alpha value is -3.37. The topological polar surface area (TPSA) is 132 Å². The van der Waals surface area contributed by atoms with Crippen LogP contribution in [0.1, 0.15) is 57.8 Å².